The first kappa shape index (κ1) is 19.1. The lowest BCUT2D eigenvalue weighted by molar-refractivity contribution is -0.147. The molecule has 2 aliphatic rings. The zero-order valence-electron chi connectivity index (χ0n) is 14.9. The minimum absolute atomic E-state index is 0.0358. The summed E-state index contributed by atoms with van der Waals surface area (Å²) in [6.45, 7) is 3.75. The minimum Gasteiger partial charge on any atom is -0.485 e. The van der Waals surface area contributed by atoms with Gasteiger partial charge in [0.05, 0.1) is 17.3 Å². The van der Waals surface area contributed by atoms with Crippen LogP contribution in [0.3, 0.4) is 0 Å². The van der Waals surface area contributed by atoms with Crippen molar-refractivity contribution in [2.45, 2.75) is 25.4 Å². The summed E-state index contributed by atoms with van der Waals surface area (Å²) in [6, 6.07) is 1.82. The van der Waals surface area contributed by atoms with Crippen LogP contribution in [0.5, 0.6) is 11.5 Å². The van der Waals surface area contributed by atoms with Crippen molar-refractivity contribution in [2.24, 2.45) is 5.92 Å². The fraction of sp³-hybridized carbons (Fsp3) is 0.611. The summed E-state index contributed by atoms with van der Waals surface area (Å²) in [4.78, 5) is 13.6. The number of ether oxygens (including phenoxy) is 3. The third kappa shape index (κ3) is 4.16. The first-order valence-electron chi connectivity index (χ1n) is 8.84. The van der Waals surface area contributed by atoms with Crippen molar-refractivity contribution < 1.29 is 24.1 Å². The summed E-state index contributed by atoms with van der Waals surface area (Å²) in [5.41, 5.74) is 7.14. The zero-order chi connectivity index (χ0) is 18.7. The lowest BCUT2D eigenvalue weighted by Gasteiger charge is -2.33. The topological polar surface area (TPSA) is 94.2 Å². The lowest BCUT2D eigenvalue weighted by Crippen LogP contribution is -2.37. The molecule has 26 heavy (non-hydrogen) atoms. The van der Waals surface area contributed by atoms with Crippen LogP contribution in [-0.2, 0) is 16.0 Å². The highest BCUT2D eigenvalue weighted by Crippen LogP contribution is 2.45. The van der Waals surface area contributed by atoms with E-state index in [1.807, 2.05) is 6.07 Å². The average molecular weight is 385 g/mol. The largest absolute Gasteiger partial charge is 0.485 e. The lowest BCUT2D eigenvalue weighted by atomic mass is 9.89. The van der Waals surface area contributed by atoms with E-state index in [4.69, 9.17) is 36.7 Å². The van der Waals surface area contributed by atoms with Gasteiger partial charge in [0.25, 0.3) is 0 Å². The molecule has 1 aromatic carbocycles. The third-order valence-corrected chi connectivity index (χ3v) is 5.36. The molecule has 0 amide bonds. The van der Waals surface area contributed by atoms with Gasteiger partial charge in [-0.25, -0.2) is 4.79 Å². The van der Waals surface area contributed by atoms with Gasteiger partial charge in [0.1, 0.15) is 6.61 Å². The van der Waals surface area contributed by atoms with Gasteiger partial charge in [-0.1, -0.05) is 11.6 Å². The Labute approximate surface area is 157 Å². The maximum absolute atomic E-state index is 11.2. The Hall–Kier alpha value is -1.70. The monoisotopic (exact) mass is 384 g/mol. The smallest absolute Gasteiger partial charge is 0.348 e. The Morgan fingerprint density at radius 2 is 2.15 bits per heavy atom. The van der Waals surface area contributed by atoms with Crippen molar-refractivity contribution in [3.63, 3.8) is 0 Å². The van der Waals surface area contributed by atoms with Crippen molar-refractivity contribution >= 4 is 23.3 Å². The second-order valence-corrected chi connectivity index (χ2v) is 7.23. The second-order valence-electron chi connectivity index (χ2n) is 6.83. The molecule has 0 radical (unpaired) electrons. The first-order valence-corrected chi connectivity index (χ1v) is 9.21. The second kappa shape index (κ2) is 8.33. The molecule has 8 heteroatoms. The number of methoxy groups -OCH3 is 1. The van der Waals surface area contributed by atoms with Crippen LogP contribution in [0, 0.1) is 5.92 Å². The van der Waals surface area contributed by atoms with Crippen molar-refractivity contribution in [3.05, 3.63) is 16.7 Å². The van der Waals surface area contributed by atoms with Gasteiger partial charge in [0.2, 0.25) is 6.10 Å². The molecule has 0 aliphatic carbocycles. The van der Waals surface area contributed by atoms with Gasteiger partial charge >= 0.3 is 5.97 Å². The number of nitrogens with zero attached hydrogens (tertiary/aromatic N) is 1. The molecular formula is C18H25ClN2O5. The Balaban J connectivity index is 1.71. The van der Waals surface area contributed by atoms with Crippen molar-refractivity contribution in [3.8, 4) is 11.5 Å². The van der Waals surface area contributed by atoms with Crippen molar-refractivity contribution in [1.29, 1.82) is 0 Å². The van der Waals surface area contributed by atoms with E-state index in [1.54, 1.807) is 7.11 Å². The Bertz CT molecular complexity index is 661. The summed E-state index contributed by atoms with van der Waals surface area (Å²) in [5.74, 6) is 0.216. The number of carboxylic acid groups (broad SMARTS) is 1. The van der Waals surface area contributed by atoms with Gasteiger partial charge in [-0.2, -0.15) is 0 Å². The van der Waals surface area contributed by atoms with E-state index in [2.05, 4.69) is 4.90 Å². The molecule has 1 saturated heterocycles. The van der Waals surface area contributed by atoms with E-state index in [0.717, 1.165) is 51.1 Å². The molecule has 3 N–H and O–H groups in total. The standard InChI is InChI=1S/C18H25ClN2O5/c1-24-7-6-21-4-2-11(3-5-21)8-12-9-13(19)15(20)17-16(12)25-10-14(26-17)18(22)23/h9,11,14H,2-8,10,20H2,1H3,(H,22,23). The molecule has 1 unspecified atom stereocenters. The van der Waals surface area contributed by atoms with Crippen LogP contribution in [0.25, 0.3) is 0 Å². The molecule has 0 bridgehead atoms. The molecule has 1 aromatic rings. The van der Waals surface area contributed by atoms with Gasteiger partial charge in [-0.05, 0) is 49.9 Å². The third-order valence-electron chi connectivity index (χ3n) is 5.04. The summed E-state index contributed by atoms with van der Waals surface area (Å²) in [5, 5.41) is 9.52. The first-order chi connectivity index (χ1) is 12.5. The summed E-state index contributed by atoms with van der Waals surface area (Å²) >= 11 is 6.25. The summed E-state index contributed by atoms with van der Waals surface area (Å²) in [6.07, 6.45) is 1.90. The van der Waals surface area contributed by atoms with E-state index < -0.39 is 12.1 Å². The Morgan fingerprint density at radius 3 is 2.81 bits per heavy atom. The fourth-order valence-electron chi connectivity index (χ4n) is 3.50. The molecule has 0 saturated carbocycles. The highest BCUT2D eigenvalue weighted by atomic mass is 35.5. The van der Waals surface area contributed by atoms with E-state index in [0.29, 0.717) is 16.7 Å². The molecule has 2 aliphatic heterocycles. The molecular weight excluding hydrogens is 360 g/mol. The number of anilines is 1. The van der Waals surface area contributed by atoms with Gasteiger partial charge in [0.15, 0.2) is 11.5 Å². The van der Waals surface area contributed by atoms with Crippen LogP contribution < -0.4 is 15.2 Å². The fourth-order valence-corrected chi connectivity index (χ4v) is 3.72. The van der Waals surface area contributed by atoms with Crippen LogP contribution >= 0.6 is 11.6 Å². The van der Waals surface area contributed by atoms with E-state index in [-0.39, 0.29) is 18.0 Å². The number of rotatable bonds is 6. The number of likely N-dealkylation sites (tertiary alicyclic amines) is 1. The summed E-state index contributed by atoms with van der Waals surface area (Å²) in [7, 11) is 1.72. The number of halogens is 1. The number of hydrogen-bond donors (Lipinski definition) is 2. The SMILES string of the molecule is COCCN1CCC(Cc2cc(Cl)c(N)c3c2OCC(C(=O)O)O3)CC1. The maximum Gasteiger partial charge on any atom is 0.348 e. The Kier molecular flexibility index (Phi) is 6.11. The molecule has 3 rings (SSSR count). The number of carboxylic acids is 1. The molecule has 144 valence electrons. The zero-order valence-corrected chi connectivity index (χ0v) is 15.6. The van der Waals surface area contributed by atoms with E-state index >= 15 is 0 Å². The molecule has 2 heterocycles. The van der Waals surface area contributed by atoms with Crippen molar-refractivity contribution in [2.75, 3.05) is 45.7 Å². The van der Waals surface area contributed by atoms with Gasteiger partial charge in [-0.15, -0.1) is 0 Å². The number of nitrogens with two attached hydrogens (primary N) is 1. The number of carbonyl (C=O) groups is 1. The van der Waals surface area contributed by atoms with Gasteiger partial charge < -0.3 is 30.0 Å². The summed E-state index contributed by atoms with van der Waals surface area (Å²) < 4.78 is 16.4. The van der Waals surface area contributed by atoms with Gasteiger partial charge in [-0.3, -0.25) is 0 Å². The molecule has 0 spiro atoms. The number of fused-ring (bicyclic) bond motifs is 1. The number of aliphatic carboxylic acids is 1. The normalized spacial score (nSPS) is 20.9. The van der Waals surface area contributed by atoms with E-state index in [1.165, 1.54) is 0 Å². The highest BCUT2D eigenvalue weighted by Gasteiger charge is 2.32. The molecule has 1 atom stereocenters. The molecule has 7 nitrogen and oxygen atoms in total. The quantitative estimate of drug-likeness (QED) is 0.725. The predicted molar refractivity (Wildman–Crippen MR) is 98.2 cm³/mol. The van der Waals surface area contributed by atoms with Crippen LogP contribution in [0.1, 0.15) is 18.4 Å². The number of piperidine rings is 1. The number of hydrogen-bond acceptors (Lipinski definition) is 6. The molecule has 1 fully saturated rings. The van der Waals surface area contributed by atoms with E-state index in [9.17, 15) is 4.79 Å². The van der Waals surface area contributed by atoms with Crippen LogP contribution in [-0.4, -0.2) is 62.0 Å². The van der Waals surface area contributed by atoms with Crippen LogP contribution in [0.2, 0.25) is 5.02 Å². The van der Waals surface area contributed by atoms with Crippen LogP contribution in [0.15, 0.2) is 6.07 Å². The maximum atomic E-state index is 11.2. The predicted octanol–water partition coefficient (Wildman–Crippen LogP) is 2.05. The van der Waals surface area contributed by atoms with Crippen molar-refractivity contribution in [1.82, 2.24) is 4.90 Å². The highest BCUT2D eigenvalue weighted by molar-refractivity contribution is 6.33. The molecule has 0 aromatic heterocycles. The van der Waals surface area contributed by atoms with Crippen LogP contribution in [0.4, 0.5) is 5.69 Å². The minimum atomic E-state index is -1.08. The van der Waals surface area contributed by atoms with Gasteiger partial charge in [0, 0.05) is 13.7 Å². The number of benzene rings is 1. The average Bonchev–Trinajstić information content (AvgIpc) is 2.65. The Morgan fingerprint density at radius 1 is 1.42 bits per heavy atom. The number of nitrogen functional groups attached to an aromatic ring is 1.